The van der Waals surface area contributed by atoms with Crippen LogP contribution in [0.3, 0.4) is 0 Å². The van der Waals surface area contributed by atoms with Crippen LogP contribution in [0.2, 0.25) is 0 Å². The lowest BCUT2D eigenvalue weighted by atomic mass is 9.49. The summed E-state index contributed by atoms with van der Waals surface area (Å²) in [4.78, 5) is 6.83. The molecule has 3 aliphatic rings. The Morgan fingerprint density at radius 1 is 0.490 bits per heavy atom. The van der Waals surface area contributed by atoms with Crippen LogP contribution in [0.5, 0.6) is 0 Å². The van der Waals surface area contributed by atoms with E-state index in [1.165, 1.54) is 26.0 Å². The van der Waals surface area contributed by atoms with Gasteiger partial charge in [0, 0.05) is 11.4 Å². The molecular formula is C34H53B3F6N2O6. The normalized spacial score (nSPS) is 22.3. The fourth-order valence-corrected chi connectivity index (χ4v) is 4.66. The first-order valence-corrected chi connectivity index (χ1v) is 16.9. The predicted molar refractivity (Wildman–Crippen MR) is 187 cm³/mol. The van der Waals surface area contributed by atoms with Crippen molar-refractivity contribution in [1.82, 2.24) is 9.97 Å². The summed E-state index contributed by atoms with van der Waals surface area (Å²) in [6.07, 6.45) is -8.81. The van der Waals surface area contributed by atoms with E-state index >= 15 is 0 Å². The summed E-state index contributed by atoms with van der Waals surface area (Å²) in [5.74, 6) is 0. The molecular weight excluding hydrogens is 679 g/mol. The maximum atomic E-state index is 12.8. The molecule has 3 aliphatic heterocycles. The van der Waals surface area contributed by atoms with Crippen molar-refractivity contribution in [2.45, 2.75) is 157 Å². The second-order valence-electron chi connectivity index (χ2n) is 15.4. The number of hydrogen-bond donors (Lipinski definition) is 0. The van der Waals surface area contributed by atoms with Crippen molar-refractivity contribution in [3.05, 3.63) is 53.1 Å². The van der Waals surface area contributed by atoms with Crippen molar-refractivity contribution < 1.29 is 54.3 Å². The second-order valence-corrected chi connectivity index (χ2v) is 15.4. The Morgan fingerprint density at radius 2 is 0.824 bits per heavy atom. The zero-order valence-corrected chi connectivity index (χ0v) is 32.7. The van der Waals surface area contributed by atoms with Crippen molar-refractivity contribution in [1.29, 1.82) is 0 Å². The number of pyridine rings is 2. The summed E-state index contributed by atoms with van der Waals surface area (Å²) in [7, 11) is -1.77. The first-order valence-electron chi connectivity index (χ1n) is 16.9. The molecule has 0 saturated carbocycles. The van der Waals surface area contributed by atoms with E-state index in [1.54, 1.807) is 6.07 Å². The molecule has 2 aromatic rings. The fraction of sp³-hybridized carbons (Fsp3) is 0.706. The van der Waals surface area contributed by atoms with Gasteiger partial charge in [-0.15, -0.1) is 0 Å². The van der Waals surface area contributed by atoms with Gasteiger partial charge in [0.2, 0.25) is 0 Å². The van der Waals surface area contributed by atoms with Crippen LogP contribution in [0.1, 0.15) is 120 Å². The Balaban J connectivity index is 0.000000268. The molecule has 3 saturated heterocycles. The van der Waals surface area contributed by atoms with Crippen LogP contribution in [0.4, 0.5) is 26.3 Å². The van der Waals surface area contributed by atoms with E-state index in [4.69, 9.17) is 27.9 Å². The van der Waals surface area contributed by atoms with E-state index in [9.17, 15) is 26.3 Å². The van der Waals surface area contributed by atoms with Gasteiger partial charge in [0.25, 0.3) is 0 Å². The van der Waals surface area contributed by atoms with Gasteiger partial charge in [0.05, 0.1) is 33.6 Å². The van der Waals surface area contributed by atoms with E-state index in [2.05, 4.69) is 9.97 Å². The van der Waals surface area contributed by atoms with Crippen LogP contribution in [0.15, 0.2) is 30.3 Å². The summed E-state index contributed by atoms with van der Waals surface area (Å²) in [6, 6.07) is 6.35. The topological polar surface area (TPSA) is 81.2 Å². The quantitative estimate of drug-likeness (QED) is 0.225. The molecule has 51 heavy (non-hydrogen) atoms. The molecule has 17 heteroatoms. The van der Waals surface area contributed by atoms with Crippen molar-refractivity contribution in [2.24, 2.45) is 0 Å². The molecule has 3 fully saturated rings. The van der Waals surface area contributed by atoms with Gasteiger partial charge in [-0.3, -0.25) is 0 Å². The highest BCUT2D eigenvalue weighted by Crippen LogP contribution is 2.43. The lowest BCUT2D eigenvalue weighted by molar-refractivity contribution is -0.142. The minimum absolute atomic E-state index is 0.282. The van der Waals surface area contributed by atoms with E-state index in [0.717, 1.165) is 12.1 Å². The highest BCUT2D eigenvalue weighted by atomic mass is 19.4. The molecule has 0 bridgehead atoms. The van der Waals surface area contributed by atoms with Gasteiger partial charge in [-0.25, -0.2) is 9.97 Å². The number of rotatable bonds is 2. The van der Waals surface area contributed by atoms with Crippen molar-refractivity contribution in [3.63, 3.8) is 0 Å². The monoisotopic (exact) mass is 732 g/mol. The van der Waals surface area contributed by atoms with Crippen LogP contribution in [-0.4, -0.2) is 64.7 Å². The molecule has 286 valence electrons. The standard InChI is InChI=1S/C13H17BF3NO2.C12H24B2O4.C7H6F3N.C2H6/c1-8-6-9(7-10(18-8)13(15,16)17)14-19-11(2,3)12(4,5)20-14;1-9(2)10(3,4)16-13(15-9)14-17-11(5,6)12(7,8)18-14;1-5-3-2-4-6(11-5)7(8,9)10;1-2/h6-7H,1-5H3;1-8H3;2-4H,1H3;1-2H3. The van der Waals surface area contributed by atoms with Gasteiger partial charge >= 0.3 is 33.5 Å². The number of aryl methyl sites for hydroxylation is 2. The fourth-order valence-electron chi connectivity index (χ4n) is 4.66. The Bertz CT molecular complexity index is 1400. The van der Waals surface area contributed by atoms with Crippen LogP contribution in [-0.2, 0) is 40.3 Å². The maximum absolute atomic E-state index is 12.8. The Morgan fingerprint density at radius 3 is 1.14 bits per heavy atom. The van der Waals surface area contributed by atoms with Gasteiger partial charge in [-0.1, -0.05) is 19.9 Å². The molecule has 2 aromatic heterocycles. The first-order chi connectivity index (χ1) is 22.8. The average molecular weight is 732 g/mol. The van der Waals surface area contributed by atoms with E-state index in [0.29, 0.717) is 11.2 Å². The van der Waals surface area contributed by atoms with Gasteiger partial charge in [-0.2, -0.15) is 26.3 Å². The smallest absolute Gasteiger partial charge is 0.405 e. The largest absolute Gasteiger partial charge is 0.494 e. The molecule has 0 amide bonds. The van der Waals surface area contributed by atoms with Crippen molar-refractivity contribution in [2.75, 3.05) is 0 Å². The Kier molecular flexibility index (Phi) is 13.5. The van der Waals surface area contributed by atoms with E-state index in [1.807, 2.05) is 96.9 Å². The summed E-state index contributed by atoms with van der Waals surface area (Å²) in [5, 5.41) is 0. The highest BCUT2D eigenvalue weighted by Gasteiger charge is 2.63. The van der Waals surface area contributed by atoms with E-state index in [-0.39, 0.29) is 28.1 Å². The zero-order valence-electron chi connectivity index (χ0n) is 32.7. The molecule has 0 aromatic carbocycles. The third kappa shape index (κ3) is 10.7. The molecule has 0 atom stereocenters. The number of hydrogen-bond acceptors (Lipinski definition) is 8. The Hall–Kier alpha value is -2.17. The Labute approximate surface area is 300 Å². The molecule has 0 radical (unpaired) electrons. The van der Waals surface area contributed by atoms with Crippen molar-refractivity contribution >= 4 is 26.6 Å². The van der Waals surface area contributed by atoms with Gasteiger partial charge < -0.3 is 27.9 Å². The van der Waals surface area contributed by atoms with Crippen LogP contribution in [0.25, 0.3) is 0 Å². The number of alkyl halides is 6. The summed E-state index contributed by atoms with van der Waals surface area (Å²) in [6.45, 7) is 30.7. The SMILES string of the molecule is CC.CC1(C)OB(B2OC(C)(C)C(C)(C)O2)OC1(C)C.Cc1cc(B2OC(C)(C)C(C)(C)O2)cc(C(F)(F)F)n1.Cc1cccc(C(F)(F)F)n1. The molecule has 0 unspecified atom stereocenters. The number of halogens is 6. The molecule has 0 N–H and O–H groups in total. The lowest BCUT2D eigenvalue weighted by Gasteiger charge is -2.32. The molecule has 5 rings (SSSR count). The second kappa shape index (κ2) is 15.3. The molecule has 5 heterocycles. The zero-order chi connectivity index (χ0) is 39.8. The number of aromatic nitrogens is 2. The summed E-state index contributed by atoms with van der Waals surface area (Å²) in [5.41, 5.74) is -3.39. The first kappa shape index (κ1) is 45.0. The van der Waals surface area contributed by atoms with E-state index < -0.39 is 56.1 Å². The van der Waals surface area contributed by atoms with Gasteiger partial charge in [-0.05, 0) is 127 Å². The van der Waals surface area contributed by atoms with Crippen LogP contribution < -0.4 is 5.46 Å². The summed E-state index contributed by atoms with van der Waals surface area (Å²) < 4.78 is 109. The average Bonchev–Trinajstić information content (AvgIpc) is 3.42. The minimum atomic E-state index is -4.48. The minimum Gasteiger partial charge on any atom is -0.405 e. The molecule has 0 aliphatic carbocycles. The van der Waals surface area contributed by atoms with Crippen molar-refractivity contribution in [3.8, 4) is 0 Å². The van der Waals surface area contributed by atoms with Crippen LogP contribution >= 0.6 is 0 Å². The van der Waals surface area contributed by atoms with Gasteiger partial charge in [0.15, 0.2) is 0 Å². The maximum Gasteiger partial charge on any atom is 0.494 e. The lowest BCUT2D eigenvalue weighted by Crippen LogP contribution is -2.41. The van der Waals surface area contributed by atoms with Crippen LogP contribution in [0, 0.1) is 13.8 Å². The third-order valence-electron chi connectivity index (χ3n) is 9.74. The molecule has 0 spiro atoms. The highest BCUT2D eigenvalue weighted by molar-refractivity contribution is 7.11. The molecule has 8 nitrogen and oxygen atoms in total. The predicted octanol–water partition coefficient (Wildman–Crippen LogP) is 8.39. The third-order valence-corrected chi connectivity index (χ3v) is 9.74. The number of nitrogens with zero attached hydrogens (tertiary/aromatic N) is 2. The summed E-state index contributed by atoms with van der Waals surface area (Å²) >= 11 is 0. The van der Waals surface area contributed by atoms with Gasteiger partial charge in [0.1, 0.15) is 11.4 Å².